The number of aromatic nitrogens is 3. The van der Waals surface area contributed by atoms with Gasteiger partial charge in [-0.05, 0) is 88.0 Å². The fraction of sp³-hybridized carbons (Fsp3) is 0.367. The number of ether oxygens (including phenoxy) is 1. The number of benzene rings is 2. The Kier molecular flexibility index (Phi) is 6.91. The van der Waals surface area contributed by atoms with E-state index in [9.17, 15) is 9.18 Å². The summed E-state index contributed by atoms with van der Waals surface area (Å²) in [6.45, 7) is 4.93. The highest BCUT2D eigenvalue weighted by Crippen LogP contribution is 2.31. The van der Waals surface area contributed by atoms with Crippen LogP contribution in [-0.2, 0) is 0 Å². The summed E-state index contributed by atoms with van der Waals surface area (Å²) in [5.74, 6) is 1.62. The van der Waals surface area contributed by atoms with Gasteiger partial charge in [-0.2, -0.15) is 14.6 Å². The Balaban J connectivity index is 1.33. The summed E-state index contributed by atoms with van der Waals surface area (Å²) in [4.78, 5) is 19.8. The number of nitrogens with zero attached hydrogens (tertiary/aromatic N) is 4. The zero-order chi connectivity index (χ0) is 26.9. The van der Waals surface area contributed by atoms with Crippen LogP contribution < -0.4 is 15.4 Å². The van der Waals surface area contributed by atoms with E-state index < -0.39 is 0 Å². The van der Waals surface area contributed by atoms with Crippen molar-refractivity contribution < 1.29 is 13.9 Å². The molecule has 2 fully saturated rings. The minimum absolute atomic E-state index is 0.0364. The first-order valence-electron chi connectivity index (χ1n) is 13.6. The second-order valence-electron chi connectivity index (χ2n) is 10.7. The van der Waals surface area contributed by atoms with E-state index in [0.29, 0.717) is 34.8 Å². The number of piperidine rings is 1. The number of nitrogens with one attached hydrogen (secondary N) is 2. The second-order valence-corrected chi connectivity index (χ2v) is 10.7. The Morgan fingerprint density at radius 3 is 2.67 bits per heavy atom. The van der Waals surface area contributed by atoms with Crippen LogP contribution in [0.1, 0.15) is 41.6 Å². The van der Waals surface area contributed by atoms with Gasteiger partial charge in [0.15, 0.2) is 5.65 Å². The molecular formula is C30H33FN6O2. The molecule has 2 aromatic carbocycles. The van der Waals surface area contributed by atoms with Crippen molar-refractivity contribution in [2.24, 2.45) is 5.92 Å². The molecule has 6 rings (SSSR count). The summed E-state index contributed by atoms with van der Waals surface area (Å²) >= 11 is 0. The molecule has 0 bridgehead atoms. The average Bonchev–Trinajstić information content (AvgIpc) is 3.63. The van der Waals surface area contributed by atoms with Gasteiger partial charge < -0.3 is 20.3 Å². The van der Waals surface area contributed by atoms with E-state index in [2.05, 4.69) is 27.7 Å². The van der Waals surface area contributed by atoms with E-state index in [4.69, 9.17) is 9.72 Å². The third kappa shape index (κ3) is 5.73. The summed E-state index contributed by atoms with van der Waals surface area (Å²) in [7, 11) is 2.16. The molecule has 8 nitrogen and oxygen atoms in total. The van der Waals surface area contributed by atoms with Crippen LogP contribution in [0.2, 0.25) is 0 Å². The number of aryl methyl sites for hydroxylation is 1. The highest BCUT2D eigenvalue weighted by Gasteiger charge is 2.25. The second kappa shape index (κ2) is 10.6. The summed E-state index contributed by atoms with van der Waals surface area (Å²) in [5, 5.41) is 11.3. The van der Waals surface area contributed by atoms with Crippen LogP contribution in [-0.4, -0.2) is 58.1 Å². The maximum Gasteiger partial charge on any atom is 0.251 e. The van der Waals surface area contributed by atoms with Crippen molar-refractivity contribution >= 4 is 17.4 Å². The minimum atomic E-state index is -0.375. The van der Waals surface area contributed by atoms with E-state index in [-0.39, 0.29) is 11.7 Å². The van der Waals surface area contributed by atoms with Gasteiger partial charge in [-0.3, -0.25) is 4.79 Å². The van der Waals surface area contributed by atoms with Gasteiger partial charge in [0.1, 0.15) is 17.4 Å². The molecule has 0 radical (unpaired) electrons. The molecule has 1 aliphatic carbocycles. The Bertz CT molecular complexity index is 1510. The van der Waals surface area contributed by atoms with E-state index in [1.807, 2.05) is 25.1 Å². The van der Waals surface area contributed by atoms with Gasteiger partial charge in [0, 0.05) is 35.8 Å². The van der Waals surface area contributed by atoms with Crippen molar-refractivity contribution in [3.05, 3.63) is 71.7 Å². The number of carbonyl (C=O) groups is 1. The Hall–Kier alpha value is -3.98. The van der Waals surface area contributed by atoms with Crippen LogP contribution >= 0.6 is 0 Å². The fourth-order valence-electron chi connectivity index (χ4n) is 5.07. The van der Waals surface area contributed by atoms with Gasteiger partial charge in [-0.1, -0.05) is 18.2 Å². The molecule has 1 amide bonds. The monoisotopic (exact) mass is 528 g/mol. The molecule has 202 valence electrons. The van der Waals surface area contributed by atoms with Crippen molar-refractivity contribution in [3.63, 3.8) is 0 Å². The molecule has 1 saturated heterocycles. The molecule has 1 aliphatic heterocycles. The van der Waals surface area contributed by atoms with Gasteiger partial charge in [0.05, 0.1) is 6.20 Å². The lowest BCUT2D eigenvalue weighted by Gasteiger charge is -2.29. The third-order valence-electron chi connectivity index (χ3n) is 7.57. The molecule has 2 aliphatic rings. The predicted molar refractivity (Wildman–Crippen MR) is 149 cm³/mol. The van der Waals surface area contributed by atoms with Gasteiger partial charge in [-0.15, -0.1) is 0 Å². The summed E-state index contributed by atoms with van der Waals surface area (Å²) < 4.78 is 21.6. The maximum atomic E-state index is 13.8. The molecule has 0 atom stereocenters. The molecule has 2 aromatic heterocycles. The van der Waals surface area contributed by atoms with Crippen LogP contribution in [0.15, 0.2) is 54.7 Å². The van der Waals surface area contributed by atoms with Crippen molar-refractivity contribution in [3.8, 4) is 22.8 Å². The first kappa shape index (κ1) is 25.3. The lowest BCUT2D eigenvalue weighted by molar-refractivity contribution is 0.0950. The Labute approximate surface area is 227 Å². The number of halogens is 1. The average molecular weight is 529 g/mol. The van der Waals surface area contributed by atoms with Gasteiger partial charge in [0.2, 0.25) is 5.88 Å². The molecule has 0 spiro atoms. The van der Waals surface area contributed by atoms with Crippen LogP contribution in [0.25, 0.3) is 16.8 Å². The highest BCUT2D eigenvalue weighted by molar-refractivity contribution is 5.97. The number of anilines is 1. The highest BCUT2D eigenvalue weighted by atomic mass is 19.1. The van der Waals surface area contributed by atoms with Crippen LogP contribution in [0.4, 0.5) is 10.2 Å². The maximum absolute atomic E-state index is 13.8. The van der Waals surface area contributed by atoms with Crippen molar-refractivity contribution in [2.75, 3.05) is 32.0 Å². The molecule has 0 unspecified atom stereocenters. The summed E-state index contributed by atoms with van der Waals surface area (Å²) in [6, 6.07) is 13.9. The lowest BCUT2D eigenvalue weighted by Crippen LogP contribution is -2.33. The van der Waals surface area contributed by atoms with Crippen molar-refractivity contribution in [2.45, 2.75) is 38.6 Å². The fourth-order valence-corrected chi connectivity index (χ4v) is 5.07. The number of carbonyl (C=O) groups excluding carboxylic acids is 1. The first-order chi connectivity index (χ1) is 18.9. The number of fused-ring (bicyclic) bond motifs is 1. The number of hydrogen-bond acceptors (Lipinski definition) is 6. The number of hydrogen-bond donors (Lipinski definition) is 2. The summed E-state index contributed by atoms with van der Waals surface area (Å²) in [5.41, 5.74) is 3.90. The Morgan fingerprint density at radius 1 is 1.10 bits per heavy atom. The summed E-state index contributed by atoms with van der Waals surface area (Å²) in [6.07, 6.45) is 6.15. The molecule has 39 heavy (non-hydrogen) atoms. The molecule has 9 heteroatoms. The topological polar surface area (TPSA) is 83.8 Å². The van der Waals surface area contributed by atoms with E-state index in [0.717, 1.165) is 67.8 Å². The first-order valence-corrected chi connectivity index (χ1v) is 13.6. The predicted octanol–water partition coefficient (Wildman–Crippen LogP) is 5.28. The number of amides is 1. The zero-order valence-electron chi connectivity index (χ0n) is 22.3. The molecule has 3 heterocycles. The normalized spacial score (nSPS) is 16.4. The van der Waals surface area contributed by atoms with Crippen LogP contribution in [0.3, 0.4) is 0 Å². The van der Waals surface area contributed by atoms with E-state index in [1.54, 1.807) is 28.9 Å². The number of rotatable bonds is 8. The number of likely N-dealkylation sites (tertiary alicyclic amines) is 1. The third-order valence-corrected chi connectivity index (χ3v) is 7.57. The van der Waals surface area contributed by atoms with Crippen molar-refractivity contribution in [1.82, 2.24) is 24.8 Å². The lowest BCUT2D eigenvalue weighted by atomic mass is 9.97. The zero-order valence-corrected chi connectivity index (χ0v) is 22.3. The minimum Gasteiger partial charge on any atom is -0.439 e. The quantitative estimate of drug-likeness (QED) is 0.324. The SMILES string of the molecule is Cc1cc(-c2cnn3c(NCC4CCN(C)CC4)cc(Oc4cccc(F)c4)nc23)ccc1C(=O)NC1CC1. The molecule has 2 N–H and O–H groups in total. The molecule has 1 saturated carbocycles. The molecular weight excluding hydrogens is 495 g/mol. The molecule has 4 aromatic rings. The smallest absolute Gasteiger partial charge is 0.251 e. The van der Waals surface area contributed by atoms with Gasteiger partial charge >= 0.3 is 0 Å². The van der Waals surface area contributed by atoms with Gasteiger partial charge in [0.25, 0.3) is 5.91 Å². The van der Waals surface area contributed by atoms with Crippen molar-refractivity contribution in [1.29, 1.82) is 0 Å². The largest absolute Gasteiger partial charge is 0.439 e. The standard InChI is InChI=1S/C30H33FN6O2/c1-19-14-21(6-9-25(19)30(38)34-23-7-8-23)26-18-33-37-27(32-17-20-10-12-36(2)13-11-20)16-28(35-29(26)37)39-24-5-3-4-22(31)15-24/h3-6,9,14-16,18,20,23,32H,7-8,10-13,17H2,1-2H3,(H,34,38). The van der Waals surface area contributed by atoms with E-state index >= 15 is 0 Å². The Morgan fingerprint density at radius 2 is 1.92 bits per heavy atom. The van der Waals surface area contributed by atoms with E-state index in [1.165, 1.54) is 12.1 Å². The van der Waals surface area contributed by atoms with Gasteiger partial charge in [-0.25, -0.2) is 4.39 Å². The van der Waals surface area contributed by atoms with Crippen LogP contribution in [0.5, 0.6) is 11.6 Å². The van der Waals surface area contributed by atoms with Crippen LogP contribution in [0, 0.1) is 18.7 Å².